The summed E-state index contributed by atoms with van der Waals surface area (Å²) in [6.07, 6.45) is 0. The summed E-state index contributed by atoms with van der Waals surface area (Å²) < 4.78 is 5.14. The summed E-state index contributed by atoms with van der Waals surface area (Å²) in [5.41, 5.74) is 22.6. The molecule has 0 fully saturated rings. The maximum absolute atomic E-state index is 2.61. The van der Waals surface area contributed by atoms with Crippen LogP contribution < -0.4 is 10.7 Å². The SMILES string of the molecule is Cc1c(C)c(C)[c]([Sn]([c]2c(C)c(C)c(C)c(C)c2C)[c]2c(C)c(C)c(C)c(C)c2C)c(C)c1C. The molecule has 1 radical (unpaired) electrons. The zero-order chi connectivity index (χ0) is 26.0. The second-order valence-corrected chi connectivity index (χ2v) is 17.3. The predicted octanol–water partition coefficient (Wildman–Crippen LogP) is 6.83. The Kier molecular flexibility index (Phi) is 7.55. The monoisotopic (exact) mass is 561 g/mol. The van der Waals surface area contributed by atoms with E-state index in [9.17, 15) is 0 Å². The zero-order valence-electron chi connectivity index (χ0n) is 24.5. The molecule has 0 aliphatic carbocycles. The third kappa shape index (κ3) is 3.89. The normalized spacial score (nSPS) is 11.6. The van der Waals surface area contributed by atoms with E-state index in [0.717, 1.165) is 0 Å². The number of rotatable bonds is 3. The Balaban J connectivity index is 2.68. The van der Waals surface area contributed by atoms with Crippen molar-refractivity contribution in [2.45, 2.75) is 104 Å². The molecule has 0 spiro atoms. The first-order valence-corrected chi connectivity index (χ1v) is 17.0. The molecule has 0 saturated carbocycles. The van der Waals surface area contributed by atoms with Crippen LogP contribution in [0.5, 0.6) is 0 Å². The van der Waals surface area contributed by atoms with Gasteiger partial charge >= 0.3 is 218 Å². The molecule has 0 nitrogen and oxygen atoms in total. The van der Waals surface area contributed by atoms with Gasteiger partial charge in [-0.25, -0.2) is 0 Å². The molecule has 0 amide bonds. The average Bonchev–Trinajstić information content (AvgIpc) is 2.81. The van der Waals surface area contributed by atoms with Crippen molar-refractivity contribution in [2.75, 3.05) is 0 Å². The predicted molar refractivity (Wildman–Crippen MR) is 155 cm³/mol. The molecule has 0 heterocycles. The van der Waals surface area contributed by atoms with Crippen LogP contribution in [0.1, 0.15) is 83.5 Å². The standard InChI is InChI=1S/3C11H15.Sn/c3*1-7-6-8(2)10(4)11(5)9(7)3;/h3*1-5H3;. The molecule has 0 N–H and O–H groups in total. The Bertz CT molecular complexity index is 1080. The second kappa shape index (κ2) is 9.49. The fourth-order valence-corrected chi connectivity index (χ4v) is 17.8. The van der Waals surface area contributed by atoms with E-state index in [1.165, 1.54) is 50.1 Å². The van der Waals surface area contributed by atoms with E-state index in [1.807, 2.05) is 0 Å². The van der Waals surface area contributed by atoms with Gasteiger partial charge in [0.15, 0.2) is 0 Å². The van der Waals surface area contributed by atoms with Crippen LogP contribution in [-0.2, 0) is 0 Å². The van der Waals surface area contributed by atoms with Gasteiger partial charge in [0.05, 0.1) is 0 Å². The zero-order valence-corrected chi connectivity index (χ0v) is 27.4. The van der Waals surface area contributed by atoms with Gasteiger partial charge in [0.25, 0.3) is 0 Å². The summed E-state index contributed by atoms with van der Waals surface area (Å²) in [6, 6.07) is 0. The minimum absolute atomic E-state index is 1.47. The van der Waals surface area contributed by atoms with Crippen molar-refractivity contribution in [3.05, 3.63) is 83.5 Å². The van der Waals surface area contributed by atoms with E-state index < -0.39 is 19.8 Å². The van der Waals surface area contributed by atoms with Crippen LogP contribution in [-0.4, -0.2) is 19.8 Å². The molecule has 0 bridgehead atoms. The van der Waals surface area contributed by atoms with Crippen LogP contribution in [0.15, 0.2) is 0 Å². The van der Waals surface area contributed by atoms with Gasteiger partial charge in [-0.3, -0.25) is 0 Å². The first-order valence-electron chi connectivity index (χ1n) is 12.8. The van der Waals surface area contributed by atoms with Gasteiger partial charge < -0.3 is 0 Å². The van der Waals surface area contributed by atoms with Gasteiger partial charge in [-0.15, -0.1) is 0 Å². The Morgan fingerprint density at radius 1 is 0.206 bits per heavy atom. The van der Waals surface area contributed by atoms with Crippen molar-refractivity contribution in [2.24, 2.45) is 0 Å². The molecule has 1 heteroatoms. The summed E-state index contributed by atoms with van der Waals surface area (Å²) in [5, 5.41) is 0. The first kappa shape index (κ1) is 27.1. The van der Waals surface area contributed by atoms with Gasteiger partial charge in [0.1, 0.15) is 0 Å². The molecule has 0 saturated heterocycles. The molecule has 0 aromatic heterocycles. The van der Waals surface area contributed by atoms with E-state index in [0.29, 0.717) is 0 Å². The third-order valence-electron chi connectivity index (χ3n) is 9.75. The maximum atomic E-state index is 2.40. The first-order chi connectivity index (χ1) is 15.7. The fraction of sp³-hybridized carbons (Fsp3) is 0.455. The second-order valence-electron chi connectivity index (χ2n) is 10.9. The minimum atomic E-state index is -2.61. The van der Waals surface area contributed by atoms with Crippen LogP contribution in [0.4, 0.5) is 0 Å². The van der Waals surface area contributed by atoms with Gasteiger partial charge in [0, 0.05) is 0 Å². The molecule has 0 aliphatic heterocycles. The molecule has 0 atom stereocenters. The van der Waals surface area contributed by atoms with Crippen molar-refractivity contribution < 1.29 is 0 Å². The van der Waals surface area contributed by atoms with E-state index in [4.69, 9.17) is 0 Å². The summed E-state index contributed by atoms with van der Waals surface area (Å²) >= 11 is -2.61. The third-order valence-corrected chi connectivity index (χ3v) is 20.5. The molecule has 0 unspecified atom stereocenters. The van der Waals surface area contributed by atoms with Crippen molar-refractivity contribution in [3.63, 3.8) is 0 Å². The van der Waals surface area contributed by atoms with Crippen molar-refractivity contribution in [1.82, 2.24) is 0 Å². The summed E-state index contributed by atoms with van der Waals surface area (Å²) in [4.78, 5) is 0. The summed E-state index contributed by atoms with van der Waals surface area (Å²) in [5.74, 6) is 0. The Hall–Kier alpha value is -1.54. The molecule has 3 rings (SSSR count). The number of hydrogen-bond acceptors (Lipinski definition) is 0. The number of benzene rings is 3. The molecular weight excluding hydrogens is 515 g/mol. The topological polar surface area (TPSA) is 0 Å². The Labute approximate surface area is 217 Å². The molecular formula is C33H45Sn. The fourth-order valence-electron chi connectivity index (χ4n) is 6.00. The van der Waals surface area contributed by atoms with Crippen LogP contribution in [0.25, 0.3) is 0 Å². The quantitative estimate of drug-likeness (QED) is 0.308. The van der Waals surface area contributed by atoms with Crippen LogP contribution in [0, 0.1) is 104 Å². The van der Waals surface area contributed by atoms with Gasteiger partial charge in [0.2, 0.25) is 0 Å². The summed E-state index contributed by atoms with van der Waals surface area (Å²) in [6.45, 7) is 35.4. The van der Waals surface area contributed by atoms with Gasteiger partial charge in [-0.2, -0.15) is 0 Å². The molecule has 3 aromatic carbocycles. The van der Waals surface area contributed by atoms with Crippen molar-refractivity contribution in [3.8, 4) is 0 Å². The van der Waals surface area contributed by atoms with Crippen LogP contribution in [0.3, 0.4) is 0 Å². The van der Waals surface area contributed by atoms with Crippen molar-refractivity contribution in [1.29, 1.82) is 0 Å². The van der Waals surface area contributed by atoms with E-state index in [1.54, 1.807) is 44.1 Å². The Morgan fingerprint density at radius 3 is 0.471 bits per heavy atom. The van der Waals surface area contributed by atoms with Gasteiger partial charge in [-0.1, -0.05) is 0 Å². The van der Waals surface area contributed by atoms with Crippen molar-refractivity contribution >= 4 is 30.5 Å². The Morgan fingerprint density at radius 2 is 0.324 bits per heavy atom. The van der Waals surface area contributed by atoms with E-state index >= 15 is 0 Å². The average molecular weight is 560 g/mol. The molecule has 3 aromatic rings. The molecule has 0 aliphatic rings. The van der Waals surface area contributed by atoms with E-state index in [-0.39, 0.29) is 0 Å². The molecule has 34 heavy (non-hydrogen) atoms. The van der Waals surface area contributed by atoms with Crippen LogP contribution >= 0.6 is 0 Å². The van der Waals surface area contributed by atoms with E-state index in [2.05, 4.69) is 104 Å². The summed E-state index contributed by atoms with van der Waals surface area (Å²) in [7, 11) is 0. The van der Waals surface area contributed by atoms with Gasteiger partial charge in [-0.05, 0) is 0 Å². The number of hydrogen-bond donors (Lipinski definition) is 0. The molecule has 181 valence electrons. The van der Waals surface area contributed by atoms with Crippen LogP contribution in [0.2, 0.25) is 0 Å².